The Hall–Kier alpha value is -2.54. The summed E-state index contributed by atoms with van der Waals surface area (Å²) in [6, 6.07) is 3.25. The van der Waals surface area contributed by atoms with Gasteiger partial charge in [0.2, 0.25) is 5.91 Å². The van der Waals surface area contributed by atoms with Gasteiger partial charge in [0, 0.05) is 42.9 Å². The first-order chi connectivity index (χ1) is 11.7. The van der Waals surface area contributed by atoms with E-state index in [4.69, 9.17) is 10.5 Å². The summed E-state index contributed by atoms with van der Waals surface area (Å²) in [6.07, 6.45) is 6.79. The van der Waals surface area contributed by atoms with E-state index in [9.17, 15) is 4.79 Å². The van der Waals surface area contributed by atoms with Crippen LogP contribution in [-0.4, -0.2) is 40.6 Å². The second kappa shape index (κ2) is 7.35. The fraction of sp³-hybridized carbons (Fsp3) is 0.412. The standard InChI is InChI=1S/C17H21N5O2/c1-24-9-7-14(15(18)23)21-17-12-5-2-6-13(12)20-16(22-17)11-4-3-8-19-10-11/h3-4,8,10,14H,2,5-7,9H2,1H3,(H2,18,23)(H,20,21,22). The number of pyridine rings is 1. The van der Waals surface area contributed by atoms with Crippen LogP contribution >= 0.6 is 0 Å². The maximum atomic E-state index is 11.7. The number of nitrogens with zero attached hydrogens (tertiary/aromatic N) is 3. The van der Waals surface area contributed by atoms with Crippen LogP contribution in [0, 0.1) is 0 Å². The second-order valence-corrected chi connectivity index (χ2v) is 5.80. The van der Waals surface area contributed by atoms with Crippen molar-refractivity contribution in [1.29, 1.82) is 0 Å². The number of primary amides is 1. The number of amides is 1. The van der Waals surface area contributed by atoms with E-state index in [1.165, 1.54) is 0 Å². The molecule has 2 aromatic heterocycles. The number of carbonyl (C=O) groups excluding carboxylic acids is 1. The predicted octanol–water partition coefficient (Wildman–Crippen LogP) is 1.33. The molecule has 0 aromatic carbocycles. The lowest BCUT2D eigenvalue weighted by Crippen LogP contribution is -2.37. The van der Waals surface area contributed by atoms with E-state index < -0.39 is 11.9 Å². The summed E-state index contributed by atoms with van der Waals surface area (Å²) in [5, 5.41) is 3.20. The first-order valence-corrected chi connectivity index (χ1v) is 8.04. The average Bonchev–Trinajstić information content (AvgIpc) is 3.07. The topological polar surface area (TPSA) is 103 Å². The molecule has 1 amide bonds. The molecule has 0 fully saturated rings. The Balaban J connectivity index is 1.94. The van der Waals surface area contributed by atoms with Crippen molar-refractivity contribution in [2.24, 2.45) is 5.73 Å². The molecule has 0 spiro atoms. The lowest BCUT2D eigenvalue weighted by Gasteiger charge is -2.18. The highest BCUT2D eigenvalue weighted by atomic mass is 16.5. The number of nitrogens with two attached hydrogens (primary N) is 1. The third kappa shape index (κ3) is 3.51. The second-order valence-electron chi connectivity index (χ2n) is 5.80. The molecule has 24 heavy (non-hydrogen) atoms. The van der Waals surface area contributed by atoms with Crippen molar-refractivity contribution < 1.29 is 9.53 Å². The van der Waals surface area contributed by atoms with Crippen molar-refractivity contribution in [3.63, 3.8) is 0 Å². The quantitative estimate of drug-likeness (QED) is 0.795. The number of rotatable bonds is 7. The van der Waals surface area contributed by atoms with E-state index >= 15 is 0 Å². The molecule has 7 heteroatoms. The van der Waals surface area contributed by atoms with Crippen LogP contribution in [0.4, 0.5) is 5.82 Å². The minimum atomic E-state index is -0.522. The maximum Gasteiger partial charge on any atom is 0.240 e. The molecule has 2 aromatic rings. The Labute approximate surface area is 140 Å². The molecule has 7 nitrogen and oxygen atoms in total. The van der Waals surface area contributed by atoms with Gasteiger partial charge in [-0.2, -0.15) is 0 Å². The van der Waals surface area contributed by atoms with Crippen molar-refractivity contribution >= 4 is 11.7 Å². The van der Waals surface area contributed by atoms with Gasteiger partial charge in [-0.15, -0.1) is 0 Å². The van der Waals surface area contributed by atoms with Gasteiger partial charge in [-0.25, -0.2) is 9.97 Å². The predicted molar refractivity (Wildman–Crippen MR) is 90.4 cm³/mol. The Kier molecular flexibility index (Phi) is 5.00. The summed E-state index contributed by atoms with van der Waals surface area (Å²) in [4.78, 5) is 25.1. The Bertz CT molecular complexity index is 720. The van der Waals surface area contributed by atoms with Crippen molar-refractivity contribution in [2.75, 3.05) is 19.0 Å². The molecular formula is C17H21N5O2. The molecule has 2 heterocycles. The Morgan fingerprint density at radius 1 is 1.42 bits per heavy atom. The minimum absolute atomic E-state index is 0.416. The van der Waals surface area contributed by atoms with Crippen molar-refractivity contribution in [3.05, 3.63) is 35.8 Å². The highest BCUT2D eigenvalue weighted by Gasteiger charge is 2.23. The maximum absolute atomic E-state index is 11.7. The lowest BCUT2D eigenvalue weighted by atomic mass is 10.1. The molecule has 3 rings (SSSR count). The SMILES string of the molecule is COCCC(Nc1nc(-c2cccnc2)nc2c1CCC2)C(N)=O. The molecule has 1 aliphatic rings. The average molecular weight is 327 g/mol. The third-order valence-electron chi connectivity index (χ3n) is 4.12. The first-order valence-electron chi connectivity index (χ1n) is 8.04. The molecular weight excluding hydrogens is 306 g/mol. The fourth-order valence-corrected chi connectivity index (χ4v) is 2.86. The van der Waals surface area contributed by atoms with E-state index in [1.54, 1.807) is 19.5 Å². The van der Waals surface area contributed by atoms with Gasteiger partial charge in [0.25, 0.3) is 0 Å². The molecule has 1 atom stereocenters. The number of ether oxygens (including phenoxy) is 1. The van der Waals surface area contributed by atoms with Crippen LogP contribution in [0.15, 0.2) is 24.5 Å². The van der Waals surface area contributed by atoms with Gasteiger partial charge in [-0.1, -0.05) is 0 Å². The van der Waals surface area contributed by atoms with Crippen LogP contribution in [-0.2, 0) is 22.4 Å². The van der Waals surface area contributed by atoms with Gasteiger partial charge in [-0.05, 0) is 37.8 Å². The number of fused-ring (bicyclic) bond motifs is 1. The number of hydrogen-bond donors (Lipinski definition) is 2. The summed E-state index contributed by atoms with van der Waals surface area (Å²) in [6.45, 7) is 0.448. The van der Waals surface area contributed by atoms with Crippen molar-refractivity contribution in [3.8, 4) is 11.4 Å². The summed E-state index contributed by atoms with van der Waals surface area (Å²) in [5.74, 6) is 0.887. The van der Waals surface area contributed by atoms with E-state index in [0.29, 0.717) is 24.7 Å². The van der Waals surface area contributed by atoms with Crippen LogP contribution in [0.25, 0.3) is 11.4 Å². The van der Waals surface area contributed by atoms with Crippen molar-refractivity contribution in [1.82, 2.24) is 15.0 Å². The van der Waals surface area contributed by atoms with Crippen molar-refractivity contribution in [2.45, 2.75) is 31.7 Å². The minimum Gasteiger partial charge on any atom is -0.385 e. The van der Waals surface area contributed by atoms with Gasteiger partial charge >= 0.3 is 0 Å². The van der Waals surface area contributed by atoms with Crippen LogP contribution in [0.2, 0.25) is 0 Å². The van der Waals surface area contributed by atoms with E-state index in [1.807, 2.05) is 12.1 Å². The number of aromatic nitrogens is 3. The molecule has 1 aliphatic carbocycles. The summed E-state index contributed by atoms with van der Waals surface area (Å²) >= 11 is 0. The number of carbonyl (C=O) groups is 1. The number of hydrogen-bond acceptors (Lipinski definition) is 6. The molecule has 126 valence electrons. The highest BCUT2D eigenvalue weighted by Crippen LogP contribution is 2.29. The van der Waals surface area contributed by atoms with Gasteiger partial charge in [0.15, 0.2) is 5.82 Å². The lowest BCUT2D eigenvalue weighted by molar-refractivity contribution is -0.119. The molecule has 0 bridgehead atoms. The summed E-state index contributed by atoms with van der Waals surface area (Å²) < 4.78 is 5.06. The smallest absolute Gasteiger partial charge is 0.240 e. The zero-order valence-electron chi connectivity index (χ0n) is 13.7. The van der Waals surface area contributed by atoms with E-state index in [-0.39, 0.29) is 0 Å². The molecule has 0 saturated carbocycles. The monoisotopic (exact) mass is 327 g/mol. The Morgan fingerprint density at radius 3 is 3.00 bits per heavy atom. The van der Waals surface area contributed by atoms with Crippen LogP contribution < -0.4 is 11.1 Å². The highest BCUT2D eigenvalue weighted by molar-refractivity contribution is 5.83. The largest absolute Gasteiger partial charge is 0.385 e. The molecule has 0 aliphatic heterocycles. The van der Waals surface area contributed by atoms with E-state index in [0.717, 1.165) is 36.1 Å². The molecule has 3 N–H and O–H groups in total. The molecule has 0 radical (unpaired) electrons. The zero-order valence-corrected chi connectivity index (χ0v) is 13.7. The summed E-state index contributed by atoms with van der Waals surface area (Å²) in [5.41, 5.74) is 8.46. The number of aryl methyl sites for hydroxylation is 1. The Morgan fingerprint density at radius 2 is 2.29 bits per heavy atom. The van der Waals surface area contributed by atoms with Gasteiger partial charge < -0.3 is 15.8 Å². The number of methoxy groups -OCH3 is 1. The van der Waals surface area contributed by atoms with E-state index in [2.05, 4.69) is 20.3 Å². The number of anilines is 1. The van der Waals surface area contributed by atoms with Crippen LogP contribution in [0.1, 0.15) is 24.1 Å². The fourth-order valence-electron chi connectivity index (χ4n) is 2.86. The normalized spacial score (nSPS) is 14.2. The van der Waals surface area contributed by atoms with Crippen LogP contribution in [0.5, 0.6) is 0 Å². The van der Waals surface area contributed by atoms with Crippen LogP contribution in [0.3, 0.4) is 0 Å². The van der Waals surface area contributed by atoms with Gasteiger partial charge in [-0.3, -0.25) is 9.78 Å². The molecule has 1 unspecified atom stereocenters. The summed E-state index contributed by atoms with van der Waals surface area (Å²) in [7, 11) is 1.60. The number of nitrogens with one attached hydrogen (secondary N) is 1. The van der Waals surface area contributed by atoms with Gasteiger partial charge in [0.1, 0.15) is 11.9 Å². The van der Waals surface area contributed by atoms with Gasteiger partial charge in [0.05, 0.1) is 0 Å². The zero-order chi connectivity index (χ0) is 16.9. The first kappa shape index (κ1) is 16.3. The molecule has 0 saturated heterocycles. The third-order valence-corrected chi connectivity index (χ3v) is 4.12.